The number of aromatic nitrogens is 2. The van der Waals surface area contributed by atoms with Gasteiger partial charge in [0.05, 0.1) is 0 Å². The van der Waals surface area contributed by atoms with Crippen LogP contribution in [0.25, 0.3) is 0 Å². The Bertz CT molecular complexity index is 490. The third kappa shape index (κ3) is 3.82. The van der Waals surface area contributed by atoms with Crippen molar-refractivity contribution in [3.63, 3.8) is 0 Å². The highest BCUT2D eigenvalue weighted by Gasteiger charge is 2.05. The maximum Gasteiger partial charge on any atom is 0.330 e. The fourth-order valence-electron chi connectivity index (χ4n) is 1.72. The van der Waals surface area contributed by atoms with Crippen LogP contribution in [0.4, 0.5) is 0 Å². The van der Waals surface area contributed by atoms with Crippen LogP contribution in [0.15, 0.2) is 15.8 Å². The summed E-state index contributed by atoms with van der Waals surface area (Å²) in [7, 11) is 4.82. The molecule has 1 aromatic heterocycles. The quantitative estimate of drug-likeness (QED) is 0.673. The lowest BCUT2D eigenvalue weighted by Gasteiger charge is -2.07. The van der Waals surface area contributed by atoms with Crippen molar-refractivity contribution in [1.82, 2.24) is 14.5 Å². The minimum Gasteiger partial charge on any atom is -0.385 e. The first-order chi connectivity index (χ1) is 8.57. The second kappa shape index (κ2) is 7.13. The smallest absolute Gasteiger partial charge is 0.330 e. The Hall–Kier alpha value is -1.40. The lowest BCUT2D eigenvalue weighted by Crippen LogP contribution is -2.39. The van der Waals surface area contributed by atoms with Crippen molar-refractivity contribution in [2.75, 3.05) is 20.3 Å². The number of rotatable bonds is 7. The summed E-state index contributed by atoms with van der Waals surface area (Å²) in [6.45, 7) is 2.06. The summed E-state index contributed by atoms with van der Waals surface area (Å²) in [5, 5.41) is 3.19. The first-order valence-corrected chi connectivity index (χ1v) is 6.03. The Morgan fingerprint density at radius 2 is 2.00 bits per heavy atom. The van der Waals surface area contributed by atoms with E-state index in [9.17, 15) is 9.59 Å². The molecule has 1 aromatic rings. The molecule has 1 heterocycles. The number of ether oxygens (including phenoxy) is 1. The molecule has 0 aliphatic rings. The van der Waals surface area contributed by atoms with Crippen molar-refractivity contribution in [2.45, 2.75) is 19.4 Å². The molecule has 0 fully saturated rings. The van der Waals surface area contributed by atoms with E-state index in [2.05, 4.69) is 5.32 Å². The Balaban J connectivity index is 2.53. The summed E-state index contributed by atoms with van der Waals surface area (Å²) in [6, 6.07) is 0. The second-order valence-electron chi connectivity index (χ2n) is 4.29. The van der Waals surface area contributed by atoms with Gasteiger partial charge in [-0.2, -0.15) is 0 Å². The molecule has 0 saturated heterocycles. The zero-order valence-corrected chi connectivity index (χ0v) is 11.2. The van der Waals surface area contributed by atoms with Crippen molar-refractivity contribution < 1.29 is 4.74 Å². The molecule has 0 radical (unpaired) electrons. The van der Waals surface area contributed by atoms with Crippen molar-refractivity contribution in [3.8, 4) is 0 Å². The maximum atomic E-state index is 11.8. The van der Waals surface area contributed by atoms with E-state index >= 15 is 0 Å². The van der Waals surface area contributed by atoms with Crippen LogP contribution in [0.1, 0.15) is 18.4 Å². The zero-order valence-electron chi connectivity index (χ0n) is 11.2. The lowest BCUT2D eigenvalue weighted by molar-refractivity contribution is 0.192. The van der Waals surface area contributed by atoms with E-state index in [0.717, 1.165) is 30.6 Å². The molecule has 0 unspecified atom stereocenters. The van der Waals surface area contributed by atoms with Gasteiger partial charge in [0.1, 0.15) is 0 Å². The molecule has 6 heteroatoms. The van der Waals surface area contributed by atoms with Crippen LogP contribution in [0.2, 0.25) is 0 Å². The molecule has 0 bridgehead atoms. The van der Waals surface area contributed by atoms with E-state index in [-0.39, 0.29) is 11.2 Å². The third-order valence-corrected chi connectivity index (χ3v) is 2.78. The van der Waals surface area contributed by atoms with Crippen LogP contribution in [-0.2, 0) is 25.4 Å². The summed E-state index contributed by atoms with van der Waals surface area (Å²) in [5.41, 5.74) is 0.0673. The number of hydrogen-bond donors (Lipinski definition) is 1. The minimum absolute atomic E-state index is 0.234. The molecule has 0 atom stereocenters. The fourth-order valence-corrected chi connectivity index (χ4v) is 1.72. The van der Waals surface area contributed by atoms with Gasteiger partial charge in [-0.05, 0) is 19.4 Å². The Morgan fingerprint density at radius 1 is 1.28 bits per heavy atom. The maximum absolute atomic E-state index is 11.8. The molecule has 0 spiro atoms. The van der Waals surface area contributed by atoms with Gasteiger partial charge in [0, 0.05) is 46.1 Å². The predicted molar refractivity (Wildman–Crippen MR) is 69.7 cm³/mol. The highest BCUT2D eigenvalue weighted by atomic mass is 16.5. The lowest BCUT2D eigenvalue weighted by atomic mass is 10.3. The van der Waals surface area contributed by atoms with Crippen LogP contribution in [0.5, 0.6) is 0 Å². The molecule has 0 saturated carbocycles. The Kier molecular flexibility index (Phi) is 5.80. The van der Waals surface area contributed by atoms with Crippen LogP contribution < -0.4 is 16.6 Å². The predicted octanol–water partition coefficient (Wildman–Crippen LogP) is -0.400. The SMILES string of the molecule is COCCCCNCc1cn(C)c(=O)n(C)c1=O. The Morgan fingerprint density at radius 3 is 2.67 bits per heavy atom. The molecule has 0 aliphatic carbocycles. The van der Waals surface area contributed by atoms with Crippen molar-refractivity contribution in [2.24, 2.45) is 14.1 Å². The van der Waals surface area contributed by atoms with Crippen molar-refractivity contribution in [3.05, 3.63) is 32.6 Å². The molecule has 0 amide bonds. The van der Waals surface area contributed by atoms with Gasteiger partial charge < -0.3 is 14.6 Å². The van der Waals surface area contributed by atoms with Crippen LogP contribution in [0, 0.1) is 0 Å². The zero-order chi connectivity index (χ0) is 13.5. The molecular weight excluding hydrogens is 234 g/mol. The van der Waals surface area contributed by atoms with Gasteiger partial charge in [0.25, 0.3) is 5.56 Å². The molecule has 1 rings (SSSR count). The number of aryl methyl sites for hydroxylation is 1. The van der Waals surface area contributed by atoms with E-state index in [0.29, 0.717) is 12.1 Å². The third-order valence-electron chi connectivity index (χ3n) is 2.78. The summed E-state index contributed by atoms with van der Waals surface area (Å²) < 4.78 is 7.50. The molecule has 6 nitrogen and oxygen atoms in total. The van der Waals surface area contributed by atoms with Crippen molar-refractivity contribution >= 4 is 0 Å². The molecule has 0 aromatic carbocycles. The molecule has 102 valence electrons. The number of hydrogen-bond acceptors (Lipinski definition) is 4. The standard InChI is InChI=1S/C12H21N3O3/c1-14-9-10(11(16)15(2)12(14)17)8-13-6-4-5-7-18-3/h9,13H,4-8H2,1-3H3. The van der Waals surface area contributed by atoms with E-state index < -0.39 is 0 Å². The van der Waals surface area contributed by atoms with Gasteiger partial charge in [-0.25, -0.2) is 4.79 Å². The van der Waals surface area contributed by atoms with Gasteiger partial charge in [-0.1, -0.05) is 0 Å². The number of methoxy groups -OCH3 is 1. The van der Waals surface area contributed by atoms with Crippen LogP contribution in [0.3, 0.4) is 0 Å². The second-order valence-corrected chi connectivity index (χ2v) is 4.29. The normalized spacial score (nSPS) is 10.8. The van der Waals surface area contributed by atoms with E-state index in [1.54, 1.807) is 20.4 Å². The molecule has 18 heavy (non-hydrogen) atoms. The summed E-state index contributed by atoms with van der Waals surface area (Å²) in [4.78, 5) is 23.3. The average molecular weight is 255 g/mol. The number of nitrogens with one attached hydrogen (secondary N) is 1. The molecule has 0 aliphatic heterocycles. The van der Waals surface area contributed by atoms with Gasteiger partial charge in [-0.3, -0.25) is 9.36 Å². The highest BCUT2D eigenvalue weighted by molar-refractivity contribution is 5.05. The Labute approximate surface area is 106 Å². The summed E-state index contributed by atoms with van der Waals surface area (Å²) in [5.74, 6) is 0. The highest BCUT2D eigenvalue weighted by Crippen LogP contribution is 1.90. The first-order valence-electron chi connectivity index (χ1n) is 6.03. The van der Waals surface area contributed by atoms with Crippen molar-refractivity contribution in [1.29, 1.82) is 0 Å². The molecule has 1 N–H and O–H groups in total. The molecular formula is C12H21N3O3. The van der Waals surface area contributed by atoms with E-state index in [1.165, 1.54) is 11.6 Å². The summed E-state index contributed by atoms with van der Waals surface area (Å²) in [6.07, 6.45) is 3.58. The summed E-state index contributed by atoms with van der Waals surface area (Å²) >= 11 is 0. The largest absolute Gasteiger partial charge is 0.385 e. The van der Waals surface area contributed by atoms with Gasteiger partial charge in [0.2, 0.25) is 0 Å². The minimum atomic E-state index is -0.302. The average Bonchev–Trinajstić information content (AvgIpc) is 2.37. The van der Waals surface area contributed by atoms with Gasteiger partial charge in [-0.15, -0.1) is 0 Å². The van der Waals surface area contributed by atoms with E-state index in [1.807, 2.05) is 0 Å². The van der Waals surface area contributed by atoms with Gasteiger partial charge >= 0.3 is 5.69 Å². The number of unbranched alkanes of at least 4 members (excludes halogenated alkanes) is 1. The number of nitrogens with zero attached hydrogens (tertiary/aromatic N) is 2. The van der Waals surface area contributed by atoms with Crippen LogP contribution in [-0.4, -0.2) is 29.4 Å². The monoisotopic (exact) mass is 255 g/mol. The fraction of sp³-hybridized carbons (Fsp3) is 0.667. The van der Waals surface area contributed by atoms with Gasteiger partial charge in [0.15, 0.2) is 0 Å². The van der Waals surface area contributed by atoms with E-state index in [4.69, 9.17) is 4.74 Å². The topological polar surface area (TPSA) is 65.3 Å². The first kappa shape index (κ1) is 14.7. The van der Waals surface area contributed by atoms with Crippen LogP contribution >= 0.6 is 0 Å².